The van der Waals surface area contributed by atoms with Crippen molar-refractivity contribution in [1.29, 1.82) is 0 Å². The van der Waals surface area contributed by atoms with Crippen LogP contribution in [0.2, 0.25) is 5.02 Å². The Hall–Kier alpha value is -1.55. The van der Waals surface area contributed by atoms with Crippen LogP contribution in [0.25, 0.3) is 0 Å². The lowest BCUT2D eigenvalue weighted by Gasteiger charge is -2.07. The van der Waals surface area contributed by atoms with Gasteiger partial charge in [-0.25, -0.2) is 4.79 Å². The van der Waals surface area contributed by atoms with E-state index in [1.807, 2.05) is 18.2 Å². The molecule has 3 amide bonds. The summed E-state index contributed by atoms with van der Waals surface area (Å²) in [6, 6.07) is 6.78. The van der Waals surface area contributed by atoms with E-state index in [0.29, 0.717) is 11.6 Å². The molecule has 0 spiro atoms. The molecular weight excluding hydrogens is 240 g/mol. The Kier molecular flexibility index (Phi) is 3.64. The van der Waals surface area contributed by atoms with Crippen molar-refractivity contribution in [2.24, 2.45) is 5.92 Å². The molecule has 1 fully saturated rings. The van der Waals surface area contributed by atoms with Crippen LogP contribution in [0.4, 0.5) is 4.79 Å². The SMILES string of the molecule is O=C(NCc1ccccc1Cl)NC(=O)C1CC1. The lowest BCUT2D eigenvalue weighted by molar-refractivity contribution is -0.121. The number of halogens is 1. The highest BCUT2D eigenvalue weighted by molar-refractivity contribution is 6.31. The lowest BCUT2D eigenvalue weighted by Crippen LogP contribution is -2.39. The standard InChI is InChI=1S/C12H13ClN2O2/c13-10-4-2-1-3-9(10)7-14-12(17)15-11(16)8-5-6-8/h1-4,8H,5-7H2,(H2,14,15,16,17). The van der Waals surface area contributed by atoms with E-state index in [4.69, 9.17) is 11.6 Å². The number of nitrogens with one attached hydrogen (secondary N) is 2. The average Bonchev–Trinajstić information content (AvgIpc) is 3.11. The van der Waals surface area contributed by atoms with Gasteiger partial charge in [0.05, 0.1) is 0 Å². The Morgan fingerprint density at radius 3 is 2.65 bits per heavy atom. The molecule has 5 heteroatoms. The van der Waals surface area contributed by atoms with Crippen LogP contribution >= 0.6 is 11.6 Å². The van der Waals surface area contributed by atoms with Crippen LogP contribution in [-0.2, 0) is 11.3 Å². The number of urea groups is 1. The molecular formula is C12H13ClN2O2. The smallest absolute Gasteiger partial charge is 0.321 e. The monoisotopic (exact) mass is 252 g/mol. The summed E-state index contributed by atoms with van der Waals surface area (Å²) in [7, 11) is 0. The van der Waals surface area contributed by atoms with Gasteiger partial charge in [-0.1, -0.05) is 29.8 Å². The van der Waals surface area contributed by atoms with Crippen LogP contribution in [0.5, 0.6) is 0 Å². The van der Waals surface area contributed by atoms with E-state index in [9.17, 15) is 9.59 Å². The highest BCUT2D eigenvalue weighted by Crippen LogP contribution is 2.28. The quantitative estimate of drug-likeness (QED) is 0.865. The summed E-state index contributed by atoms with van der Waals surface area (Å²) < 4.78 is 0. The van der Waals surface area contributed by atoms with Crippen LogP contribution in [0.15, 0.2) is 24.3 Å². The highest BCUT2D eigenvalue weighted by Gasteiger charge is 2.30. The molecule has 0 bridgehead atoms. The van der Waals surface area contributed by atoms with E-state index in [0.717, 1.165) is 18.4 Å². The molecule has 90 valence electrons. The van der Waals surface area contributed by atoms with Gasteiger partial charge in [0, 0.05) is 17.5 Å². The summed E-state index contributed by atoms with van der Waals surface area (Å²) >= 11 is 5.94. The zero-order chi connectivity index (χ0) is 12.3. The Bertz CT molecular complexity index is 444. The molecule has 0 aliphatic heterocycles. The normalized spacial score (nSPS) is 14.2. The van der Waals surface area contributed by atoms with E-state index in [-0.39, 0.29) is 11.8 Å². The Morgan fingerprint density at radius 2 is 2.00 bits per heavy atom. The van der Waals surface area contributed by atoms with Gasteiger partial charge in [0.25, 0.3) is 0 Å². The van der Waals surface area contributed by atoms with Crippen LogP contribution in [0.3, 0.4) is 0 Å². The first-order valence-corrected chi connectivity index (χ1v) is 5.86. The van der Waals surface area contributed by atoms with Crippen LogP contribution in [0.1, 0.15) is 18.4 Å². The first-order chi connectivity index (χ1) is 8.16. The van der Waals surface area contributed by atoms with Gasteiger partial charge in [0.1, 0.15) is 0 Å². The number of hydrogen-bond donors (Lipinski definition) is 2. The fraction of sp³-hybridized carbons (Fsp3) is 0.333. The maximum Gasteiger partial charge on any atom is 0.321 e. The molecule has 0 aromatic heterocycles. The number of imide groups is 1. The van der Waals surface area contributed by atoms with E-state index in [2.05, 4.69) is 10.6 Å². The van der Waals surface area contributed by atoms with Crippen molar-refractivity contribution in [3.63, 3.8) is 0 Å². The van der Waals surface area contributed by atoms with Crippen molar-refractivity contribution >= 4 is 23.5 Å². The third-order valence-corrected chi connectivity index (χ3v) is 2.95. The van der Waals surface area contributed by atoms with Crippen LogP contribution in [-0.4, -0.2) is 11.9 Å². The van der Waals surface area contributed by atoms with Crippen molar-refractivity contribution in [2.45, 2.75) is 19.4 Å². The summed E-state index contributed by atoms with van der Waals surface area (Å²) in [6.45, 7) is 0.309. The fourth-order valence-corrected chi connectivity index (χ4v) is 1.62. The van der Waals surface area contributed by atoms with Crippen molar-refractivity contribution < 1.29 is 9.59 Å². The number of hydrogen-bond acceptors (Lipinski definition) is 2. The first-order valence-electron chi connectivity index (χ1n) is 5.49. The molecule has 0 unspecified atom stereocenters. The van der Waals surface area contributed by atoms with Crippen molar-refractivity contribution in [2.75, 3.05) is 0 Å². The molecule has 1 aromatic carbocycles. The fourth-order valence-electron chi connectivity index (χ4n) is 1.42. The third-order valence-electron chi connectivity index (χ3n) is 2.58. The predicted molar refractivity (Wildman–Crippen MR) is 64.6 cm³/mol. The van der Waals surface area contributed by atoms with Gasteiger partial charge in [-0.2, -0.15) is 0 Å². The zero-order valence-electron chi connectivity index (χ0n) is 9.20. The van der Waals surface area contributed by atoms with Gasteiger partial charge >= 0.3 is 6.03 Å². The molecule has 1 aliphatic carbocycles. The Morgan fingerprint density at radius 1 is 1.29 bits per heavy atom. The number of benzene rings is 1. The van der Waals surface area contributed by atoms with Crippen LogP contribution < -0.4 is 10.6 Å². The molecule has 0 radical (unpaired) electrons. The van der Waals surface area contributed by atoms with Crippen molar-refractivity contribution in [3.8, 4) is 0 Å². The van der Waals surface area contributed by atoms with Gasteiger partial charge in [-0.15, -0.1) is 0 Å². The van der Waals surface area contributed by atoms with Gasteiger partial charge < -0.3 is 5.32 Å². The largest absolute Gasteiger partial charge is 0.334 e. The molecule has 1 aromatic rings. The summed E-state index contributed by atoms with van der Waals surface area (Å²) in [5, 5.41) is 5.50. The maximum absolute atomic E-state index is 11.4. The van der Waals surface area contributed by atoms with Gasteiger partial charge in [-0.3, -0.25) is 10.1 Å². The molecule has 0 heterocycles. The molecule has 2 N–H and O–H groups in total. The first kappa shape index (κ1) is 11.9. The van der Waals surface area contributed by atoms with E-state index in [1.165, 1.54) is 0 Å². The van der Waals surface area contributed by atoms with Gasteiger partial charge in [-0.05, 0) is 24.5 Å². The second kappa shape index (κ2) is 5.19. The highest BCUT2D eigenvalue weighted by atomic mass is 35.5. The van der Waals surface area contributed by atoms with E-state index >= 15 is 0 Å². The second-order valence-corrected chi connectivity index (χ2v) is 4.44. The molecule has 0 atom stereocenters. The van der Waals surface area contributed by atoms with Crippen molar-refractivity contribution in [3.05, 3.63) is 34.9 Å². The molecule has 1 saturated carbocycles. The lowest BCUT2D eigenvalue weighted by atomic mass is 10.2. The summed E-state index contributed by atoms with van der Waals surface area (Å²) in [5.41, 5.74) is 0.822. The zero-order valence-corrected chi connectivity index (χ0v) is 9.96. The molecule has 17 heavy (non-hydrogen) atoms. The van der Waals surface area contributed by atoms with Crippen molar-refractivity contribution in [1.82, 2.24) is 10.6 Å². The average molecular weight is 253 g/mol. The minimum absolute atomic E-state index is 0.0288. The number of amides is 3. The topological polar surface area (TPSA) is 58.2 Å². The number of carbonyl (C=O) groups is 2. The summed E-state index contributed by atoms with van der Waals surface area (Å²) in [6.07, 6.45) is 1.76. The van der Waals surface area contributed by atoms with E-state index < -0.39 is 6.03 Å². The summed E-state index contributed by atoms with van der Waals surface area (Å²) in [5.74, 6) is -0.164. The molecule has 1 aliphatic rings. The minimum atomic E-state index is -0.471. The third kappa shape index (κ3) is 3.46. The molecule has 2 rings (SSSR count). The van der Waals surface area contributed by atoms with E-state index in [1.54, 1.807) is 6.07 Å². The summed E-state index contributed by atoms with van der Waals surface area (Å²) in [4.78, 5) is 22.7. The Labute approximate surface area is 104 Å². The van der Waals surface area contributed by atoms with Crippen LogP contribution in [0, 0.1) is 5.92 Å². The molecule has 4 nitrogen and oxygen atoms in total. The maximum atomic E-state index is 11.4. The van der Waals surface area contributed by atoms with Gasteiger partial charge in [0.15, 0.2) is 0 Å². The predicted octanol–water partition coefficient (Wildman–Crippen LogP) is 2.08. The Balaban J connectivity index is 1.79. The van der Waals surface area contributed by atoms with Gasteiger partial charge in [0.2, 0.25) is 5.91 Å². The number of carbonyl (C=O) groups excluding carboxylic acids is 2. The second-order valence-electron chi connectivity index (χ2n) is 4.04. The minimum Gasteiger partial charge on any atom is -0.334 e. The number of rotatable bonds is 3. The molecule has 0 saturated heterocycles.